The average Bonchev–Trinajstić information content (AvgIpc) is 3.05. The number of amides is 1. The Morgan fingerprint density at radius 3 is 2.29 bits per heavy atom. The summed E-state index contributed by atoms with van der Waals surface area (Å²) in [5, 5.41) is 2.68. The van der Waals surface area contributed by atoms with Crippen LogP contribution >= 0.6 is 0 Å². The van der Waals surface area contributed by atoms with Crippen LogP contribution in [0, 0.1) is 0 Å². The third-order valence-corrected chi connectivity index (χ3v) is 6.78. The molecule has 11 nitrogen and oxygen atoms in total. The second-order valence-corrected chi connectivity index (χ2v) is 10.2. The topological polar surface area (TPSA) is 147 Å². The van der Waals surface area contributed by atoms with Gasteiger partial charge in [-0.1, -0.05) is 66.7 Å². The largest absolute Gasteiger partial charge is 0.478 e. The number of ketones is 2. The van der Waals surface area contributed by atoms with E-state index in [1.54, 1.807) is 79.0 Å². The van der Waals surface area contributed by atoms with Crippen molar-refractivity contribution in [1.82, 2.24) is 19.9 Å². The van der Waals surface area contributed by atoms with Crippen molar-refractivity contribution >= 4 is 23.4 Å². The molecule has 1 N–H and O–H groups in total. The fourth-order valence-corrected chi connectivity index (χ4v) is 4.53. The average molecular weight is 611 g/mol. The lowest BCUT2D eigenvalue weighted by molar-refractivity contribution is -0.142. The Morgan fingerprint density at radius 2 is 1.60 bits per heavy atom. The minimum absolute atomic E-state index is 0.00863. The van der Waals surface area contributed by atoms with Gasteiger partial charge in [-0.25, -0.2) is 9.97 Å². The highest BCUT2D eigenvalue weighted by Crippen LogP contribution is 2.16. The molecule has 0 spiro atoms. The molecule has 0 fully saturated rings. The number of esters is 1. The van der Waals surface area contributed by atoms with Crippen LogP contribution in [0.2, 0.25) is 0 Å². The lowest BCUT2D eigenvalue weighted by Crippen LogP contribution is -2.47. The van der Waals surface area contributed by atoms with Crippen molar-refractivity contribution in [2.24, 2.45) is 0 Å². The van der Waals surface area contributed by atoms with E-state index in [1.807, 2.05) is 6.07 Å². The fraction of sp³-hybridized carbons (Fsp3) is 0.265. The number of unbranched alkanes of at least 4 members (excludes halogenated alkanes) is 1. The minimum atomic E-state index is -1.15. The van der Waals surface area contributed by atoms with Crippen LogP contribution in [0.5, 0.6) is 5.88 Å². The first kappa shape index (κ1) is 32.5. The summed E-state index contributed by atoms with van der Waals surface area (Å²) in [6.45, 7) is 0.764. The Labute approximate surface area is 260 Å². The number of Topliss-reactive ketones (excluding diaryl/α,β-unsaturated/α-hetero) is 2. The van der Waals surface area contributed by atoms with E-state index < -0.39 is 41.6 Å². The van der Waals surface area contributed by atoms with Gasteiger partial charge in [0.15, 0.2) is 0 Å². The molecule has 0 saturated heterocycles. The van der Waals surface area contributed by atoms with Crippen LogP contribution in [0.4, 0.5) is 0 Å². The van der Waals surface area contributed by atoms with Gasteiger partial charge in [0.05, 0.1) is 18.2 Å². The van der Waals surface area contributed by atoms with Gasteiger partial charge in [0.25, 0.3) is 5.56 Å². The molecule has 0 aliphatic carbocycles. The third kappa shape index (κ3) is 9.78. The highest BCUT2D eigenvalue weighted by Gasteiger charge is 2.27. The Morgan fingerprint density at radius 1 is 0.889 bits per heavy atom. The molecule has 1 atom stereocenters. The Kier molecular flexibility index (Phi) is 11.8. The SMILES string of the molecule is CC(=O)OCc1cnc(-c2ccccc2)n(CC(=O)NC(Cc2ccccc2)C(=O)C(=O)CCCCOc2ccccn2)c1=O. The van der Waals surface area contributed by atoms with Gasteiger partial charge in [-0.3, -0.25) is 28.5 Å². The number of hydrogen-bond acceptors (Lipinski definition) is 9. The zero-order chi connectivity index (χ0) is 32.0. The monoisotopic (exact) mass is 610 g/mol. The summed E-state index contributed by atoms with van der Waals surface area (Å²) < 4.78 is 11.7. The number of nitrogens with one attached hydrogen (secondary N) is 1. The lowest BCUT2D eigenvalue weighted by Gasteiger charge is -2.19. The molecule has 2 aromatic carbocycles. The second-order valence-electron chi connectivity index (χ2n) is 10.2. The van der Waals surface area contributed by atoms with E-state index in [2.05, 4.69) is 15.3 Å². The van der Waals surface area contributed by atoms with Gasteiger partial charge in [0.2, 0.25) is 23.4 Å². The standard InChI is InChI=1S/C34H34N4O7/c1-24(39)45-23-27-21-36-33(26-14-6-3-7-15-26)38(34(27)43)22-30(41)37-28(20-25-12-4-2-5-13-25)32(42)29(40)16-9-11-19-44-31-17-8-10-18-35-31/h2-8,10,12-15,17-18,21,28H,9,11,16,19-20,22-23H2,1H3,(H,37,41). The molecular weight excluding hydrogens is 576 g/mol. The van der Waals surface area contributed by atoms with Gasteiger partial charge in [-0.15, -0.1) is 0 Å². The van der Waals surface area contributed by atoms with Crippen molar-refractivity contribution in [3.8, 4) is 17.3 Å². The molecule has 0 aliphatic rings. The molecule has 0 bridgehead atoms. The number of nitrogens with zero attached hydrogens (tertiary/aromatic N) is 3. The predicted octanol–water partition coefficient (Wildman–Crippen LogP) is 3.48. The lowest BCUT2D eigenvalue weighted by atomic mass is 9.97. The van der Waals surface area contributed by atoms with Crippen molar-refractivity contribution in [2.45, 2.75) is 51.8 Å². The number of ether oxygens (including phenoxy) is 2. The van der Waals surface area contributed by atoms with Crippen molar-refractivity contribution < 1.29 is 28.7 Å². The van der Waals surface area contributed by atoms with E-state index in [0.717, 1.165) is 10.1 Å². The molecule has 0 saturated carbocycles. The quantitative estimate of drug-likeness (QED) is 0.114. The molecule has 1 amide bonds. The Balaban J connectivity index is 1.48. The maximum absolute atomic E-state index is 13.4. The Hall–Kier alpha value is -5.45. The fourth-order valence-electron chi connectivity index (χ4n) is 4.53. The summed E-state index contributed by atoms with van der Waals surface area (Å²) in [6.07, 6.45) is 3.96. The summed E-state index contributed by atoms with van der Waals surface area (Å²) in [6, 6.07) is 22.0. The highest BCUT2D eigenvalue weighted by atomic mass is 16.5. The number of aromatic nitrogens is 3. The van der Waals surface area contributed by atoms with Crippen LogP contribution in [-0.4, -0.2) is 50.6 Å². The van der Waals surface area contributed by atoms with Gasteiger partial charge in [0.1, 0.15) is 19.0 Å². The summed E-state index contributed by atoms with van der Waals surface area (Å²) in [7, 11) is 0. The first-order valence-electron chi connectivity index (χ1n) is 14.5. The maximum Gasteiger partial charge on any atom is 0.302 e. The van der Waals surface area contributed by atoms with E-state index in [0.29, 0.717) is 30.9 Å². The molecule has 4 aromatic rings. The molecule has 2 heterocycles. The molecular formula is C34H34N4O7. The summed E-state index contributed by atoms with van der Waals surface area (Å²) in [4.78, 5) is 72.9. The van der Waals surface area contributed by atoms with Crippen molar-refractivity contribution in [3.05, 3.63) is 113 Å². The number of carbonyl (C=O) groups excluding carboxylic acids is 4. The van der Waals surface area contributed by atoms with E-state index in [9.17, 15) is 24.0 Å². The normalized spacial score (nSPS) is 11.3. The smallest absolute Gasteiger partial charge is 0.302 e. The minimum Gasteiger partial charge on any atom is -0.478 e. The predicted molar refractivity (Wildman–Crippen MR) is 165 cm³/mol. The molecule has 1 unspecified atom stereocenters. The molecule has 11 heteroatoms. The van der Waals surface area contributed by atoms with Crippen molar-refractivity contribution in [1.29, 1.82) is 0 Å². The van der Waals surface area contributed by atoms with E-state index >= 15 is 0 Å². The molecule has 2 aromatic heterocycles. The molecule has 45 heavy (non-hydrogen) atoms. The van der Waals surface area contributed by atoms with Gasteiger partial charge in [-0.2, -0.15) is 0 Å². The number of hydrogen-bond donors (Lipinski definition) is 1. The van der Waals surface area contributed by atoms with Gasteiger partial charge < -0.3 is 14.8 Å². The van der Waals surface area contributed by atoms with Crippen LogP contribution < -0.4 is 15.6 Å². The summed E-state index contributed by atoms with van der Waals surface area (Å²) in [5.41, 5.74) is 0.840. The van der Waals surface area contributed by atoms with Crippen LogP contribution in [0.1, 0.15) is 37.3 Å². The zero-order valence-electron chi connectivity index (χ0n) is 24.9. The van der Waals surface area contributed by atoms with Crippen LogP contribution in [0.15, 0.2) is 96.1 Å². The number of pyridine rings is 1. The van der Waals surface area contributed by atoms with Gasteiger partial charge in [0, 0.05) is 43.8 Å². The third-order valence-electron chi connectivity index (χ3n) is 6.78. The molecule has 232 valence electrons. The van der Waals surface area contributed by atoms with E-state index in [-0.39, 0.29) is 30.8 Å². The van der Waals surface area contributed by atoms with Crippen molar-refractivity contribution in [2.75, 3.05) is 6.61 Å². The zero-order valence-corrected chi connectivity index (χ0v) is 24.9. The van der Waals surface area contributed by atoms with Gasteiger partial charge in [-0.05, 0) is 24.5 Å². The van der Waals surface area contributed by atoms with Crippen LogP contribution in [0.3, 0.4) is 0 Å². The summed E-state index contributed by atoms with van der Waals surface area (Å²) in [5.74, 6) is -1.87. The highest BCUT2D eigenvalue weighted by molar-refractivity contribution is 6.39. The molecule has 0 radical (unpaired) electrons. The number of carbonyl (C=O) groups is 4. The Bertz CT molecular complexity index is 1660. The first-order valence-corrected chi connectivity index (χ1v) is 14.5. The van der Waals surface area contributed by atoms with E-state index in [4.69, 9.17) is 9.47 Å². The van der Waals surface area contributed by atoms with Crippen LogP contribution in [0.25, 0.3) is 11.4 Å². The van der Waals surface area contributed by atoms with Crippen LogP contribution in [-0.2, 0) is 43.5 Å². The van der Waals surface area contributed by atoms with E-state index in [1.165, 1.54) is 13.1 Å². The number of rotatable bonds is 16. The molecule has 4 rings (SSSR count). The second kappa shape index (κ2) is 16.4. The summed E-state index contributed by atoms with van der Waals surface area (Å²) >= 11 is 0. The number of benzene rings is 2. The maximum atomic E-state index is 13.4. The van der Waals surface area contributed by atoms with Crippen molar-refractivity contribution in [3.63, 3.8) is 0 Å². The van der Waals surface area contributed by atoms with Gasteiger partial charge >= 0.3 is 5.97 Å². The molecule has 0 aliphatic heterocycles. The first-order chi connectivity index (χ1) is 21.8.